The van der Waals surface area contributed by atoms with E-state index >= 15 is 0 Å². The van der Waals surface area contributed by atoms with Crippen LogP contribution in [-0.4, -0.2) is 37.0 Å². The number of furan rings is 1. The lowest BCUT2D eigenvalue weighted by molar-refractivity contribution is -0.126. The molecule has 0 radical (unpaired) electrons. The minimum Gasteiger partial charge on any atom is -0.450 e. The first-order chi connectivity index (χ1) is 11.1. The van der Waals surface area contributed by atoms with Gasteiger partial charge in [-0.2, -0.15) is 0 Å². The van der Waals surface area contributed by atoms with E-state index in [1.165, 1.54) is 0 Å². The lowest BCUT2D eigenvalue weighted by Crippen LogP contribution is -2.48. The zero-order chi connectivity index (χ0) is 16.2. The topological polar surface area (TPSA) is 36.7 Å². The standard InChI is InChI=1S/C17H16BrClN2O2/c18-16-6-4-15(23-16)5-7-17(22)21-10-8-20(9-11-21)14-3-1-2-13(19)12-14/h1-7,12H,8-11H2/b7-5+. The highest BCUT2D eigenvalue weighted by molar-refractivity contribution is 9.10. The van der Waals surface area contributed by atoms with Crippen molar-refractivity contribution in [2.75, 3.05) is 31.1 Å². The molecule has 6 heteroatoms. The predicted octanol–water partition coefficient (Wildman–Crippen LogP) is 4.06. The molecule has 2 aromatic rings. The van der Waals surface area contributed by atoms with Crippen molar-refractivity contribution in [2.24, 2.45) is 0 Å². The summed E-state index contributed by atoms with van der Waals surface area (Å²) in [5.41, 5.74) is 1.10. The summed E-state index contributed by atoms with van der Waals surface area (Å²) < 4.78 is 6.00. The number of hydrogen-bond donors (Lipinski definition) is 0. The van der Waals surface area contributed by atoms with E-state index in [4.69, 9.17) is 16.0 Å². The van der Waals surface area contributed by atoms with E-state index in [0.29, 0.717) is 23.5 Å². The molecule has 1 saturated heterocycles. The summed E-state index contributed by atoms with van der Waals surface area (Å²) in [5, 5.41) is 0.730. The van der Waals surface area contributed by atoms with Crippen LogP contribution in [0.3, 0.4) is 0 Å². The van der Waals surface area contributed by atoms with Gasteiger partial charge in [0.25, 0.3) is 0 Å². The Labute approximate surface area is 148 Å². The fraction of sp³-hybridized carbons (Fsp3) is 0.235. The fourth-order valence-corrected chi connectivity index (χ4v) is 3.04. The van der Waals surface area contributed by atoms with Crippen molar-refractivity contribution in [1.82, 2.24) is 4.90 Å². The minimum atomic E-state index is 0.00302. The molecule has 0 bridgehead atoms. The highest BCUT2D eigenvalue weighted by Crippen LogP contribution is 2.21. The van der Waals surface area contributed by atoms with Gasteiger partial charge in [-0.25, -0.2) is 0 Å². The fourth-order valence-electron chi connectivity index (χ4n) is 2.53. The number of hydrogen-bond acceptors (Lipinski definition) is 3. The van der Waals surface area contributed by atoms with E-state index in [1.807, 2.05) is 35.2 Å². The van der Waals surface area contributed by atoms with Gasteiger partial charge in [-0.3, -0.25) is 4.79 Å². The van der Waals surface area contributed by atoms with Crippen molar-refractivity contribution < 1.29 is 9.21 Å². The molecule has 2 heterocycles. The number of carbonyl (C=O) groups is 1. The summed E-state index contributed by atoms with van der Waals surface area (Å²) in [7, 11) is 0. The Balaban J connectivity index is 1.56. The molecule has 1 aromatic heterocycles. The molecule has 23 heavy (non-hydrogen) atoms. The van der Waals surface area contributed by atoms with Crippen LogP contribution in [0.4, 0.5) is 5.69 Å². The molecule has 3 rings (SSSR count). The Hall–Kier alpha value is -1.72. The van der Waals surface area contributed by atoms with Gasteiger partial charge < -0.3 is 14.2 Å². The number of nitrogens with zero attached hydrogens (tertiary/aromatic N) is 2. The van der Waals surface area contributed by atoms with Crippen molar-refractivity contribution in [3.05, 3.63) is 57.9 Å². The van der Waals surface area contributed by atoms with Crippen LogP contribution in [0.25, 0.3) is 6.08 Å². The van der Waals surface area contributed by atoms with Crippen LogP contribution >= 0.6 is 27.5 Å². The van der Waals surface area contributed by atoms with Crippen molar-refractivity contribution in [3.8, 4) is 0 Å². The first-order valence-corrected chi connectivity index (χ1v) is 8.52. The Morgan fingerprint density at radius 1 is 1.17 bits per heavy atom. The van der Waals surface area contributed by atoms with Gasteiger partial charge >= 0.3 is 0 Å². The van der Waals surface area contributed by atoms with Crippen LogP contribution in [0, 0.1) is 0 Å². The minimum absolute atomic E-state index is 0.00302. The Bertz CT molecular complexity index is 721. The van der Waals surface area contributed by atoms with Gasteiger partial charge in [0.05, 0.1) is 0 Å². The Morgan fingerprint density at radius 2 is 1.96 bits per heavy atom. The van der Waals surface area contributed by atoms with E-state index in [-0.39, 0.29) is 5.91 Å². The second-order valence-corrected chi connectivity index (χ2v) is 6.49. The van der Waals surface area contributed by atoms with Crippen LogP contribution in [0.1, 0.15) is 5.76 Å². The number of carbonyl (C=O) groups excluding carboxylic acids is 1. The van der Waals surface area contributed by atoms with Crippen LogP contribution in [0.15, 0.2) is 51.6 Å². The maximum Gasteiger partial charge on any atom is 0.246 e. The number of amides is 1. The van der Waals surface area contributed by atoms with E-state index in [9.17, 15) is 4.79 Å². The molecule has 0 saturated carbocycles. The predicted molar refractivity (Wildman–Crippen MR) is 95.7 cm³/mol. The lowest BCUT2D eigenvalue weighted by Gasteiger charge is -2.35. The molecule has 1 aliphatic rings. The van der Waals surface area contributed by atoms with E-state index in [2.05, 4.69) is 20.8 Å². The second-order valence-electron chi connectivity index (χ2n) is 5.27. The Kier molecular flexibility index (Phi) is 5.08. The Morgan fingerprint density at radius 3 is 2.61 bits per heavy atom. The molecule has 120 valence electrons. The average molecular weight is 396 g/mol. The quantitative estimate of drug-likeness (QED) is 0.736. The van der Waals surface area contributed by atoms with Gasteiger partial charge in [0.15, 0.2) is 4.67 Å². The van der Waals surface area contributed by atoms with Crippen LogP contribution in [-0.2, 0) is 4.79 Å². The molecule has 0 aliphatic carbocycles. The maximum atomic E-state index is 12.2. The monoisotopic (exact) mass is 394 g/mol. The average Bonchev–Trinajstić information content (AvgIpc) is 2.98. The summed E-state index contributed by atoms with van der Waals surface area (Å²) in [6, 6.07) is 11.4. The zero-order valence-corrected chi connectivity index (χ0v) is 14.8. The summed E-state index contributed by atoms with van der Waals surface area (Å²) in [6.07, 6.45) is 3.25. The highest BCUT2D eigenvalue weighted by Gasteiger charge is 2.19. The number of piperazine rings is 1. The molecule has 1 aromatic carbocycles. The second kappa shape index (κ2) is 7.23. The van der Waals surface area contributed by atoms with Crippen LogP contribution in [0.5, 0.6) is 0 Å². The van der Waals surface area contributed by atoms with Gasteiger partial charge in [-0.05, 0) is 52.3 Å². The molecule has 4 nitrogen and oxygen atoms in total. The maximum absolute atomic E-state index is 12.2. The smallest absolute Gasteiger partial charge is 0.246 e. The highest BCUT2D eigenvalue weighted by atomic mass is 79.9. The molecule has 0 N–H and O–H groups in total. The third-order valence-electron chi connectivity index (χ3n) is 3.75. The summed E-state index contributed by atoms with van der Waals surface area (Å²) in [4.78, 5) is 16.3. The van der Waals surface area contributed by atoms with Crippen molar-refractivity contribution >= 4 is 45.2 Å². The normalized spacial score (nSPS) is 15.4. The zero-order valence-electron chi connectivity index (χ0n) is 12.4. The molecular formula is C17H16BrClN2O2. The molecule has 0 spiro atoms. The van der Waals surface area contributed by atoms with Gasteiger partial charge in [0, 0.05) is 43.0 Å². The molecule has 1 fully saturated rings. The van der Waals surface area contributed by atoms with E-state index in [1.54, 1.807) is 18.2 Å². The van der Waals surface area contributed by atoms with E-state index in [0.717, 1.165) is 23.8 Å². The number of rotatable bonds is 3. The summed E-state index contributed by atoms with van der Waals surface area (Å²) in [5.74, 6) is 0.658. The molecule has 1 aliphatic heterocycles. The van der Waals surface area contributed by atoms with Crippen molar-refractivity contribution in [3.63, 3.8) is 0 Å². The lowest BCUT2D eigenvalue weighted by atomic mass is 10.2. The first-order valence-electron chi connectivity index (χ1n) is 7.35. The molecule has 0 unspecified atom stereocenters. The largest absolute Gasteiger partial charge is 0.450 e. The van der Waals surface area contributed by atoms with Gasteiger partial charge in [0.1, 0.15) is 5.76 Å². The number of halogens is 2. The third-order valence-corrected chi connectivity index (χ3v) is 4.41. The molecular weight excluding hydrogens is 380 g/mol. The number of benzene rings is 1. The molecule has 0 atom stereocenters. The van der Waals surface area contributed by atoms with Gasteiger partial charge in [0.2, 0.25) is 5.91 Å². The SMILES string of the molecule is O=C(/C=C/c1ccc(Br)o1)N1CCN(c2cccc(Cl)c2)CC1. The summed E-state index contributed by atoms with van der Waals surface area (Å²) in [6.45, 7) is 2.98. The van der Waals surface area contributed by atoms with Crippen LogP contribution < -0.4 is 4.90 Å². The van der Waals surface area contributed by atoms with Crippen molar-refractivity contribution in [2.45, 2.75) is 0 Å². The summed E-state index contributed by atoms with van der Waals surface area (Å²) >= 11 is 9.27. The van der Waals surface area contributed by atoms with Gasteiger partial charge in [-0.1, -0.05) is 17.7 Å². The number of anilines is 1. The van der Waals surface area contributed by atoms with Gasteiger partial charge in [-0.15, -0.1) is 0 Å². The first kappa shape index (κ1) is 16.1. The molecule has 1 amide bonds. The van der Waals surface area contributed by atoms with Crippen molar-refractivity contribution in [1.29, 1.82) is 0 Å². The third kappa shape index (κ3) is 4.18. The van der Waals surface area contributed by atoms with E-state index < -0.39 is 0 Å². The van der Waals surface area contributed by atoms with Crippen LogP contribution in [0.2, 0.25) is 5.02 Å².